The molecule has 0 radical (unpaired) electrons. The van der Waals surface area contributed by atoms with Crippen molar-refractivity contribution >= 4 is 18.3 Å². The van der Waals surface area contributed by atoms with Gasteiger partial charge in [-0.1, -0.05) is 13.8 Å². The summed E-state index contributed by atoms with van der Waals surface area (Å²) in [6, 6.07) is 0.197. The van der Waals surface area contributed by atoms with Gasteiger partial charge in [-0.15, -0.1) is 12.4 Å². The quantitative estimate of drug-likeness (QED) is 0.814. The fourth-order valence-electron chi connectivity index (χ4n) is 1.94. The number of ether oxygens (including phenoxy) is 1. The largest absolute Gasteiger partial charge is 0.378 e. The van der Waals surface area contributed by atoms with Crippen LogP contribution in [0.1, 0.15) is 27.2 Å². The maximum atomic E-state index is 12.0. The highest BCUT2D eigenvalue weighted by molar-refractivity contribution is 5.85. The fourth-order valence-corrected chi connectivity index (χ4v) is 1.94. The molecule has 102 valence electrons. The number of carbonyl (C=O) groups excluding carboxylic acids is 1. The fraction of sp³-hybridized carbons (Fsp3) is 0.917. The van der Waals surface area contributed by atoms with Gasteiger partial charge in [-0.05, 0) is 12.8 Å². The highest BCUT2D eigenvalue weighted by atomic mass is 35.5. The molecule has 1 unspecified atom stereocenters. The molecule has 5 heteroatoms. The van der Waals surface area contributed by atoms with E-state index in [2.05, 4.69) is 19.2 Å². The minimum atomic E-state index is 0. The lowest BCUT2D eigenvalue weighted by Crippen LogP contribution is -2.45. The van der Waals surface area contributed by atoms with Crippen molar-refractivity contribution < 1.29 is 9.53 Å². The van der Waals surface area contributed by atoms with Crippen LogP contribution >= 0.6 is 12.4 Å². The van der Waals surface area contributed by atoms with Crippen LogP contribution < -0.4 is 5.32 Å². The lowest BCUT2D eigenvalue weighted by Gasteiger charge is -2.28. The molecule has 1 rings (SSSR count). The SMILES string of the molecule is CCN(CC(C)C)C(=O)CC1COCCN1.Cl. The molecule has 1 aliphatic rings. The van der Waals surface area contributed by atoms with Gasteiger partial charge in [-0.3, -0.25) is 4.79 Å². The molecule has 17 heavy (non-hydrogen) atoms. The van der Waals surface area contributed by atoms with Crippen LogP contribution in [0, 0.1) is 5.92 Å². The molecule has 1 atom stereocenters. The second-order valence-electron chi connectivity index (χ2n) is 4.76. The van der Waals surface area contributed by atoms with E-state index in [0.717, 1.165) is 26.2 Å². The molecular weight excluding hydrogens is 240 g/mol. The van der Waals surface area contributed by atoms with Gasteiger partial charge >= 0.3 is 0 Å². The first kappa shape index (κ1) is 16.7. The molecule has 1 aliphatic heterocycles. The highest BCUT2D eigenvalue weighted by Crippen LogP contribution is 2.05. The zero-order valence-electron chi connectivity index (χ0n) is 11.1. The van der Waals surface area contributed by atoms with Gasteiger partial charge in [0, 0.05) is 32.1 Å². The number of nitrogens with one attached hydrogen (secondary N) is 1. The molecule has 0 aliphatic carbocycles. The van der Waals surface area contributed by atoms with Crippen molar-refractivity contribution in [1.82, 2.24) is 10.2 Å². The Balaban J connectivity index is 0.00000256. The number of hydrogen-bond acceptors (Lipinski definition) is 3. The molecular formula is C12H25ClN2O2. The van der Waals surface area contributed by atoms with Crippen LogP contribution in [0.15, 0.2) is 0 Å². The maximum absolute atomic E-state index is 12.0. The van der Waals surface area contributed by atoms with Crippen LogP contribution in [0.25, 0.3) is 0 Å². The first-order valence-corrected chi connectivity index (χ1v) is 6.22. The van der Waals surface area contributed by atoms with Crippen molar-refractivity contribution in [3.63, 3.8) is 0 Å². The zero-order chi connectivity index (χ0) is 12.0. The first-order chi connectivity index (χ1) is 7.63. The van der Waals surface area contributed by atoms with E-state index in [0.29, 0.717) is 18.9 Å². The Morgan fingerprint density at radius 2 is 2.24 bits per heavy atom. The molecule has 0 bridgehead atoms. The minimum Gasteiger partial charge on any atom is -0.378 e. The summed E-state index contributed by atoms with van der Waals surface area (Å²) in [7, 11) is 0. The molecule has 1 amide bonds. The Morgan fingerprint density at radius 1 is 1.53 bits per heavy atom. The van der Waals surface area contributed by atoms with E-state index >= 15 is 0 Å². The third kappa shape index (κ3) is 6.24. The van der Waals surface area contributed by atoms with Crippen molar-refractivity contribution in [2.45, 2.75) is 33.2 Å². The Morgan fingerprint density at radius 3 is 2.71 bits per heavy atom. The number of morpholine rings is 1. The summed E-state index contributed by atoms with van der Waals surface area (Å²) in [4.78, 5) is 13.9. The Kier molecular flexibility index (Phi) is 8.56. The van der Waals surface area contributed by atoms with E-state index in [1.165, 1.54) is 0 Å². The van der Waals surface area contributed by atoms with Crippen molar-refractivity contribution in [2.24, 2.45) is 5.92 Å². The predicted octanol–water partition coefficient (Wildman–Crippen LogP) is 1.29. The summed E-state index contributed by atoms with van der Waals surface area (Å²) < 4.78 is 5.34. The normalized spacial score (nSPS) is 19.9. The molecule has 0 aromatic heterocycles. The van der Waals surface area contributed by atoms with Gasteiger partial charge in [0.2, 0.25) is 5.91 Å². The molecule has 1 saturated heterocycles. The van der Waals surface area contributed by atoms with E-state index in [-0.39, 0.29) is 24.4 Å². The van der Waals surface area contributed by atoms with Crippen molar-refractivity contribution in [3.8, 4) is 0 Å². The number of rotatable bonds is 5. The molecule has 0 saturated carbocycles. The molecule has 1 heterocycles. The van der Waals surface area contributed by atoms with Crippen molar-refractivity contribution in [3.05, 3.63) is 0 Å². The van der Waals surface area contributed by atoms with Crippen LogP contribution in [0.5, 0.6) is 0 Å². The van der Waals surface area contributed by atoms with Crippen molar-refractivity contribution in [1.29, 1.82) is 0 Å². The maximum Gasteiger partial charge on any atom is 0.224 e. The van der Waals surface area contributed by atoms with Crippen LogP contribution in [0.3, 0.4) is 0 Å². The zero-order valence-corrected chi connectivity index (χ0v) is 11.9. The Labute approximate surface area is 110 Å². The average Bonchev–Trinajstić information content (AvgIpc) is 2.26. The lowest BCUT2D eigenvalue weighted by atomic mass is 10.1. The van der Waals surface area contributed by atoms with Crippen LogP contribution in [0.2, 0.25) is 0 Å². The van der Waals surface area contributed by atoms with E-state index in [1.807, 2.05) is 11.8 Å². The topological polar surface area (TPSA) is 41.6 Å². The molecule has 1 N–H and O–H groups in total. The monoisotopic (exact) mass is 264 g/mol. The third-order valence-corrected chi connectivity index (χ3v) is 2.74. The second kappa shape index (κ2) is 8.72. The number of hydrogen-bond donors (Lipinski definition) is 1. The summed E-state index contributed by atoms with van der Waals surface area (Å²) in [6.45, 7) is 10.2. The first-order valence-electron chi connectivity index (χ1n) is 6.22. The lowest BCUT2D eigenvalue weighted by molar-refractivity contribution is -0.132. The third-order valence-electron chi connectivity index (χ3n) is 2.74. The molecule has 4 nitrogen and oxygen atoms in total. The van der Waals surface area contributed by atoms with E-state index < -0.39 is 0 Å². The van der Waals surface area contributed by atoms with Gasteiger partial charge in [0.1, 0.15) is 0 Å². The highest BCUT2D eigenvalue weighted by Gasteiger charge is 2.20. The van der Waals surface area contributed by atoms with Crippen LogP contribution in [0.4, 0.5) is 0 Å². The Bertz CT molecular complexity index is 219. The number of nitrogens with zero attached hydrogens (tertiary/aromatic N) is 1. The number of carbonyl (C=O) groups is 1. The van der Waals surface area contributed by atoms with Gasteiger partial charge in [-0.2, -0.15) is 0 Å². The van der Waals surface area contributed by atoms with E-state index in [1.54, 1.807) is 0 Å². The predicted molar refractivity (Wildman–Crippen MR) is 71.6 cm³/mol. The summed E-state index contributed by atoms with van der Waals surface area (Å²) in [6.07, 6.45) is 0.556. The molecule has 0 aromatic carbocycles. The van der Waals surface area contributed by atoms with E-state index in [4.69, 9.17) is 4.74 Å². The van der Waals surface area contributed by atoms with Crippen LogP contribution in [-0.4, -0.2) is 49.7 Å². The average molecular weight is 265 g/mol. The van der Waals surface area contributed by atoms with Gasteiger partial charge in [-0.25, -0.2) is 0 Å². The van der Waals surface area contributed by atoms with Gasteiger partial charge in [0.25, 0.3) is 0 Å². The summed E-state index contributed by atoms with van der Waals surface area (Å²) in [5.74, 6) is 0.763. The summed E-state index contributed by atoms with van der Waals surface area (Å²) in [5.41, 5.74) is 0. The van der Waals surface area contributed by atoms with Gasteiger partial charge < -0.3 is 15.0 Å². The smallest absolute Gasteiger partial charge is 0.224 e. The summed E-state index contributed by atoms with van der Waals surface area (Å²) in [5, 5.41) is 3.31. The minimum absolute atomic E-state index is 0. The molecule has 0 aromatic rings. The van der Waals surface area contributed by atoms with Crippen LogP contribution in [-0.2, 0) is 9.53 Å². The number of halogens is 1. The second-order valence-corrected chi connectivity index (χ2v) is 4.76. The summed E-state index contributed by atoms with van der Waals surface area (Å²) >= 11 is 0. The standard InChI is InChI=1S/C12H24N2O2.ClH/c1-4-14(8-10(2)3)12(15)7-11-9-16-6-5-13-11;/h10-11,13H,4-9H2,1-3H3;1H. The van der Waals surface area contributed by atoms with Gasteiger partial charge in [0.05, 0.1) is 13.2 Å². The van der Waals surface area contributed by atoms with Crippen molar-refractivity contribution in [2.75, 3.05) is 32.8 Å². The molecule has 0 spiro atoms. The Hall–Kier alpha value is -0.320. The molecule has 1 fully saturated rings. The van der Waals surface area contributed by atoms with E-state index in [9.17, 15) is 4.79 Å². The van der Waals surface area contributed by atoms with Gasteiger partial charge in [0.15, 0.2) is 0 Å². The number of amides is 1.